The molecule has 1 fully saturated rings. The van der Waals surface area contributed by atoms with E-state index in [1.807, 2.05) is 41.8 Å². The number of para-hydroxylation sites is 1. The number of aromatic nitrogens is 1. The van der Waals surface area contributed by atoms with E-state index in [0.29, 0.717) is 0 Å². The summed E-state index contributed by atoms with van der Waals surface area (Å²) in [4.78, 5) is 4.70. The molecule has 134 valence electrons. The van der Waals surface area contributed by atoms with Crippen molar-refractivity contribution in [3.63, 3.8) is 0 Å². The average molecular weight is 367 g/mol. The number of aromatic hydroxyl groups is 1. The van der Waals surface area contributed by atoms with Crippen LogP contribution in [-0.2, 0) is 0 Å². The summed E-state index contributed by atoms with van der Waals surface area (Å²) in [6.45, 7) is 0. The molecule has 0 amide bonds. The van der Waals surface area contributed by atoms with Crippen LogP contribution in [0.3, 0.4) is 0 Å². The summed E-state index contributed by atoms with van der Waals surface area (Å²) >= 11 is 1.55. The van der Waals surface area contributed by atoms with Gasteiger partial charge in [-0.05, 0) is 56.0 Å². The van der Waals surface area contributed by atoms with Gasteiger partial charge in [-0.25, -0.2) is 4.98 Å². The number of hydrogen-bond acceptors (Lipinski definition) is 5. The SMILES string of the molecule is COc1ccc(-c2nc(-c3ccccc3O)cs2)cc1OC1CCCC1. The maximum Gasteiger partial charge on any atom is 0.162 e. The molecule has 1 aromatic heterocycles. The molecule has 2 aromatic carbocycles. The molecule has 1 aliphatic rings. The van der Waals surface area contributed by atoms with Gasteiger partial charge in [-0.3, -0.25) is 0 Å². The predicted octanol–water partition coefficient (Wildman–Crippen LogP) is 5.51. The molecule has 1 heterocycles. The molecule has 0 spiro atoms. The zero-order valence-corrected chi connectivity index (χ0v) is 15.5. The van der Waals surface area contributed by atoms with Gasteiger partial charge in [0.2, 0.25) is 0 Å². The smallest absolute Gasteiger partial charge is 0.162 e. The Balaban J connectivity index is 1.64. The second-order valence-electron chi connectivity index (χ2n) is 6.45. The fourth-order valence-corrected chi connectivity index (χ4v) is 4.12. The largest absolute Gasteiger partial charge is 0.507 e. The Morgan fingerprint density at radius 2 is 1.88 bits per heavy atom. The Morgan fingerprint density at radius 3 is 2.65 bits per heavy atom. The molecule has 4 rings (SSSR count). The zero-order chi connectivity index (χ0) is 17.9. The average Bonchev–Trinajstić information content (AvgIpc) is 3.34. The first-order chi connectivity index (χ1) is 12.7. The van der Waals surface area contributed by atoms with Crippen LogP contribution in [-0.4, -0.2) is 23.3 Å². The Labute approximate surface area is 157 Å². The van der Waals surface area contributed by atoms with E-state index in [4.69, 9.17) is 14.5 Å². The van der Waals surface area contributed by atoms with Crippen molar-refractivity contribution in [1.82, 2.24) is 4.98 Å². The molecule has 0 radical (unpaired) electrons. The first-order valence-corrected chi connectivity index (χ1v) is 9.71. The van der Waals surface area contributed by atoms with Crippen LogP contribution >= 0.6 is 11.3 Å². The van der Waals surface area contributed by atoms with E-state index in [0.717, 1.165) is 46.2 Å². The molecule has 0 bridgehead atoms. The number of benzene rings is 2. The van der Waals surface area contributed by atoms with Crippen molar-refractivity contribution in [3.8, 4) is 39.1 Å². The van der Waals surface area contributed by atoms with Crippen molar-refractivity contribution in [2.24, 2.45) is 0 Å². The zero-order valence-electron chi connectivity index (χ0n) is 14.6. The molecule has 5 heteroatoms. The monoisotopic (exact) mass is 367 g/mol. The number of nitrogens with zero attached hydrogens (tertiary/aromatic N) is 1. The van der Waals surface area contributed by atoms with Crippen molar-refractivity contribution in [3.05, 3.63) is 47.8 Å². The highest BCUT2D eigenvalue weighted by Gasteiger charge is 2.19. The summed E-state index contributed by atoms with van der Waals surface area (Å²) in [6.07, 6.45) is 4.92. The number of thiazole rings is 1. The van der Waals surface area contributed by atoms with E-state index >= 15 is 0 Å². The molecule has 0 atom stereocenters. The van der Waals surface area contributed by atoms with Gasteiger partial charge in [-0.1, -0.05) is 12.1 Å². The number of phenolic OH excluding ortho intramolecular Hbond substituents is 1. The highest BCUT2D eigenvalue weighted by Crippen LogP contribution is 2.38. The molecule has 1 N–H and O–H groups in total. The van der Waals surface area contributed by atoms with Gasteiger partial charge < -0.3 is 14.6 Å². The van der Waals surface area contributed by atoms with Crippen molar-refractivity contribution in [1.29, 1.82) is 0 Å². The summed E-state index contributed by atoms with van der Waals surface area (Å²) in [6, 6.07) is 13.2. The number of rotatable bonds is 5. The van der Waals surface area contributed by atoms with E-state index in [1.54, 1.807) is 24.5 Å². The van der Waals surface area contributed by atoms with Gasteiger partial charge in [-0.2, -0.15) is 0 Å². The molecule has 4 nitrogen and oxygen atoms in total. The van der Waals surface area contributed by atoms with Crippen LogP contribution in [0.25, 0.3) is 21.8 Å². The molecule has 1 saturated carbocycles. The van der Waals surface area contributed by atoms with Gasteiger partial charge in [0.25, 0.3) is 0 Å². The molecular weight excluding hydrogens is 346 g/mol. The maximum atomic E-state index is 10.0. The third-order valence-corrected chi connectivity index (χ3v) is 5.58. The van der Waals surface area contributed by atoms with Crippen molar-refractivity contribution in [2.75, 3.05) is 7.11 Å². The first-order valence-electron chi connectivity index (χ1n) is 8.83. The van der Waals surface area contributed by atoms with E-state index in [2.05, 4.69) is 0 Å². The fourth-order valence-electron chi connectivity index (χ4n) is 3.31. The van der Waals surface area contributed by atoms with Gasteiger partial charge in [0.1, 0.15) is 10.8 Å². The van der Waals surface area contributed by atoms with Crippen molar-refractivity contribution >= 4 is 11.3 Å². The minimum absolute atomic E-state index is 0.240. The third kappa shape index (κ3) is 3.40. The standard InChI is InChI=1S/C21H21NO3S/c1-24-19-11-10-14(12-20(19)25-15-6-2-3-7-15)21-22-17(13-26-21)16-8-4-5-9-18(16)23/h4-5,8-13,15,23H,2-3,6-7H2,1H3. The molecule has 26 heavy (non-hydrogen) atoms. The minimum atomic E-state index is 0.240. The molecule has 0 aliphatic heterocycles. The van der Waals surface area contributed by atoms with Crippen LogP contribution in [0.2, 0.25) is 0 Å². The molecular formula is C21H21NO3S. The summed E-state index contributed by atoms with van der Waals surface area (Å²) in [5, 5.41) is 12.9. The normalized spacial score (nSPS) is 14.5. The Hall–Kier alpha value is -2.53. The number of ether oxygens (including phenoxy) is 2. The van der Waals surface area contributed by atoms with E-state index in [-0.39, 0.29) is 11.9 Å². The summed E-state index contributed by atoms with van der Waals surface area (Å²) in [7, 11) is 1.66. The van der Waals surface area contributed by atoms with Crippen LogP contribution in [0.1, 0.15) is 25.7 Å². The van der Waals surface area contributed by atoms with Crippen LogP contribution in [0.4, 0.5) is 0 Å². The Bertz CT molecular complexity index is 900. The first kappa shape index (κ1) is 16.9. The Morgan fingerprint density at radius 1 is 1.08 bits per heavy atom. The highest BCUT2D eigenvalue weighted by molar-refractivity contribution is 7.13. The highest BCUT2D eigenvalue weighted by atomic mass is 32.1. The lowest BCUT2D eigenvalue weighted by Gasteiger charge is -2.16. The van der Waals surface area contributed by atoms with Gasteiger partial charge in [0.15, 0.2) is 11.5 Å². The molecule has 1 aliphatic carbocycles. The number of hydrogen-bond donors (Lipinski definition) is 1. The quantitative estimate of drug-likeness (QED) is 0.646. The maximum absolute atomic E-state index is 10.0. The summed E-state index contributed by atoms with van der Waals surface area (Å²) in [5.74, 6) is 1.76. The lowest BCUT2D eigenvalue weighted by molar-refractivity contribution is 0.201. The molecule has 0 unspecified atom stereocenters. The molecule has 0 saturated heterocycles. The second-order valence-corrected chi connectivity index (χ2v) is 7.30. The van der Waals surface area contributed by atoms with Crippen LogP contribution in [0, 0.1) is 0 Å². The molecule has 3 aromatic rings. The van der Waals surface area contributed by atoms with Crippen LogP contribution in [0.5, 0.6) is 17.2 Å². The Kier molecular flexibility index (Phi) is 4.80. The van der Waals surface area contributed by atoms with Gasteiger partial charge in [-0.15, -0.1) is 11.3 Å². The lowest BCUT2D eigenvalue weighted by atomic mass is 10.1. The van der Waals surface area contributed by atoms with Crippen molar-refractivity contribution in [2.45, 2.75) is 31.8 Å². The van der Waals surface area contributed by atoms with Crippen LogP contribution in [0.15, 0.2) is 47.8 Å². The van der Waals surface area contributed by atoms with E-state index in [1.165, 1.54) is 12.8 Å². The van der Waals surface area contributed by atoms with Gasteiger partial charge >= 0.3 is 0 Å². The summed E-state index contributed by atoms with van der Waals surface area (Å²) < 4.78 is 11.6. The summed E-state index contributed by atoms with van der Waals surface area (Å²) in [5.41, 5.74) is 2.51. The van der Waals surface area contributed by atoms with Crippen molar-refractivity contribution < 1.29 is 14.6 Å². The van der Waals surface area contributed by atoms with E-state index in [9.17, 15) is 5.11 Å². The number of methoxy groups -OCH3 is 1. The fraction of sp³-hybridized carbons (Fsp3) is 0.286. The van der Waals surface area contributed by atoms with Gasteiger partial charge in [0.05, 0.1) is 18.9 Å². The third-order valence-electron chi connectivity index (χ3n) is 4.69. The second kappa shape index (κ2) is 7.38. The predicted molar refractivity (Wildman–Crippen MR) is 104 cm³/mol. The van der Waals surface area contributed by atoms with Crippen LogP contribution < -0.4 is 9.47 Å². The lowest BCUT2D eigenvalue weighted by Crippen LogP contribution is -2.11. The topological polar surface area (TPSA) is 51.6 Å². The minimum Gasteiger partial charge on any atom is -0.507 e. The van der Waals surface area contributed by atoms with E-state index < -0.39 is 0 Å². The number of phenols is 1. The van der Waals surface area contributed by atoms with Gasteiger partial charge in [0, 0.05) is 16.5 Å².